The van der Waals surface area contributed by atoms with E-state index in [0.29, 0.717) is 6.04 Å². The topological polar surface area (TPSA) is 29.3 Å². The molecule has 4 atom stereocenters. The van der Waals surface area contributed by atoms with Crippen LogP contribution in [0.5, 0.6) is 0 Å². The summed E-state index contributed by atoms with van der Waals surface area (Å²) in [6.45, 7) is 3.34. The molecule has 18 heavy (non-hydrogen) atoms. The zero-order valence-corrected chi connectivity index (χ0v) is 11.6. The van der Waals surface area contributed by atoms with E-state index < -0.39 is 0 Å². The van der Waals surface area contributed by atoms with E-state index in [9.17, 15) is 0 Å². The van der Waals surface area contributed by atoms with Crippen LogP contribution in [-0.4, -0.2) is 23.5 Å². The average Bonchev–Trinajstić information content (AvgIpc) is 2.94. The summed E-state index contributed by atoms with van der Waals surface area (Å²) in [5, 5.41) is 0.796. The molecule has 0 spiro atoms. The van der Waals surface area contributed by atoms with E-state index in [1.54, 1.807) is 0 Å². The molecule has 2 nitrogen and oxygen atoms in total. The van der Waals surface area contributed by atoms with Gasteiger partial charge in [-0.15, -0.1) is 0 Å². The Balaban J connectivity index is 1.86. The molecule has 0 amide bonds. The van der Waals surface area contributed by atoms with Gasteiger partial charge in [0.05, 0.1) is 0 Å². The highest BCUT2D eigenvalue weighted by molar-refractivity contribution is 6.30. The van der Waals surface area contributed by atoms with Gasteiger partial charge in [-0.2, -0.15) is 0 Å². The number of fused-ring (bicyclic) bond motifs is 2. The summed E-state index contributed by atoms with van der Waals surface area (Å²) in [6, 6.07) is 9.45. The zero-order valence-electron chi connectivity index (χ0n) is 10.8. The lowest BCUT2D eigenvalue weighted by Gasteiger charge is -2.37. The van der Waals surface area contributed by atoms with Crippen LogP contribution in [0.4, 0.5) is 0 Å². The highest BCUT2D eigenvalue weighted by Crippen LogP contribution is 2.42. The Morgan fingerprint density at radius 1 is 1.28 bits per heavy atom. The van der Waals surface area contributed by atoms with Crippen molar-refractivity contribution in [2.45, 2.75) is 44.3 Å². The number of hydrogen-bond donors (Lipinski definition) is 1. The maximum absolute atomic E-state index is 6.24. The number of rotatable bonds is 3. The summed E-state index contributed by atoms with van der Waals surface area (Å²) in [7, 11) is 0. The predicted molar refractivity (Wildman–Crippen MR) is 75.7 cm³/mol. The highest BCUT2D eigenvalue weighted by Gasteiger charge is 2.42. The van der Waals surface area contributed by atoms with Crippen LogP contribution in [0.3, 0.4) is 0 Å². The van der Waals surface area contributed by atoms with Crippen molar-refractivity contribution in [1.29, 1.82) is 0 Å². The first-order chi connectivity index (χ1) is 8.65. The molecule has 1 aliphatic carbocycles. The molecule has 2 fully saturated rings. The number of hydrogen-bond acceptors (Lipinski definition) is 2. The first kappa shape index (κ1) is 12.5. The van der Waals surface area contributed by atoms with Gasteiger partial charge in [0, 0.05) is 29.7 Å². The first-order valence-electron chi connectivity index (χ1n) is 6.92. The molecule has 98 valence electrons. The van der Waals surface area contributed by atoms with E-state index >= 15 is 0 Å². The molecule has 1 saturated carbocycles. The molecule has 3 heteroatoms. The molecular weight excluding hydrogens is 244 g/mol. The maximum Gasteiger partial charge on any atom is 0.0499 e. The fraction of sp³-hybridized carbons (Fsp3) is 0.600. The third-order valence-electron chi connectivity index (χ3n) is 4.52. The predicted octanol–water partition coefficient (Wildman–Crippen LogP) is 3.21. The lowest BCUT2D eigenvalue weighted by Crippen LogP contribution is -2.43. The first-order valence-corrected chi connectivity index (χ1v) is 7.29. The molecule has 2 N–H and O–H groups in total. The van der Waals surface area contributed by atoms with Crippen LogP contribution in [0.2, 0.25) is 5.02 Å². The zero-order chi connectivity index (χ0) is 12.7. The van der Waals surface area contributed by atoms with Gasteiger partial charge in [0.25, 0.3) is 0 Å². The normalized spacial score (nSPS) is 30.6. The number of piperidine rings is 1. The SMILES string of the molecule is CC(N)C(c1ccc(Cl)cc1)N1CC2CCC1C2. The third kappa shape index (κ3) is 2.18. The van der Waals surface area contributed by atoms with Crippen molar-refractivity contribution in [3.05, 3.63) is 34.9 Å². The Morgan fingerprint density at radius 3 is 2.50 bits per heavy atom. The summed E-state index contributed by atoms with van der Waals surface area (Å²) < 4.78 is 0. The summed E-state index contributed by atoms with van der Waals surface area (Å²) in [4.78, 5) is 2.63. The van der Waals surface area contributed by atoms with E-state index in [4.69, 9.17) is 17.3 Å². The van der Waals surface area contributed by atoms with E-state index in [-0.39, 0.29) is 6.04 Å². The van der Waals surface area contributed by atoms with E-state index in [2.05, 4.69) is 24.0 Å². The van der Waals surface area contributed by atoms with Gasteiger partial charge in [0.15, 0.2) is 0 Å². The Hall–Kier alpha value is -0.570. The molecule has 2 aliphatic rings. The van der Waals surface area contributed by atoms with Crippen LogP contribution < -0.4 is 5.73 Å². The molecule has 1 aromatic rings. The van der Waals surface area contributed by atoms with Crippen molar-refractivity contribution in [2.75, 3.05) is 6.54 Å². The van der Waals surface area contributed by atoms with Gasteiger partial charge in [-0.3, -0.25) is 4.90 Å². The second-order valence-corrected chi connectivity index (χ2v) is 6.32. The number of benzene rings is 1. The lowest BCUT2D eigenvalue weighted by molar-refractivity contribution is 0.133. The number of nitrogens with two attached hydrogens (primary N) is 1. The number of halogens is 1. The quantitative estimate of drug-likeness (QED) is 0.908. The number of likely N-dealkylation sites (tertiary alicyclic amines) is 1. The maximum atomic E-state index is 6.24. The standard InChI is InChI=1S/C15H21ClN2/c1-10(17)15(12-3-5-13(16)6-4-12)18-9-11-2-7-14(18)8-11/h3-6,10-11,14-15H,2,7-9,17H2,1H3. The summed E-state index contributed by atoms with van der Waals surface area (Å²) in [5.74, 6) is 0.906. The lowest BCUT2D eigenvalue weighted by atomic mass is 9.97. The van der Waals surface area contributed by atoms with E-state index in [0.717, 1.165) is 17.0 Å². The fourth-order valence-corrected chi connectivity index (χ4v) is 3.89. The summed E-state index contributed by atoms with van der Waals surface area (Å²) >= 11 is 5.97. The summed E-state index contributed by atoms with van der Waals surface area (Å²) in [6.07, 6.45) is 4.13. The Labute approximate surface area is 114 Å². The van der Waals surface area contributed by atoms with Crippen molar-refractivity contribution < 1.29 is 0 Å². The average molecular weight is 265 g/mol. The van der Waals surface area contributed by atoms with Crippen molar-refractivity contribution in [1.82, 2.24) is 4.90 Å². The second-order valence-electron chi connectivity index (χ2n) is 5.89. The van der Waals surface area contributed by atoms with Gasteiger partial charge in [-0.1, -0.05) is 23.7 Å². The van der Waals surface area contributed by atoms with Gasteiger partial charge in [0.2, 0.25) is 0 Å². The largest absolute Gasteiger partial charge is 0.326 e. The molecule has 3 rings (SSSR count). The molecular formula is C15H21ClN2. The van der Waals surface area contributed by atoms with Crippen molar-refractivity contribution >= 4 is 11.6 Å². The van der Waals surface area contributed by atoms with Crippen LogP contribution in [-0.2, 0) is 0 Å². The van der Waals surface area contributed by atoms with Crippen molar-refractivity contribution in [3.63, 3.8) is 0 Å². The van der Waals surface area contributed by atoms with Gasteiger partial charge in [-0.25, -0.2) is 0 Å². The monoisotopic (exact) mass is 264 g/mol. The molecule has 0 aromatic heterocycles. The summed E-state index contributed by atoms with van der Waals surface area (Å²) in [5.41, 5.74) is 7.55. The van der Waals surface area contributed by atoms with Crippen molar-refractivity contribution in [3.8, 4) is 0 Å². The van der Waals surface area contributed by atoms with E-state index in [1.165, 1.54) is 31.4 Å². The molecule has 4 unspecified atom stereocenters. The molecule has 1 aliphatic heterocycles. The Kier molecular flexibility index (Phi) is 3.35. The van der Waals surface area contributed by atoms with Crippen LogP contribution >= 0.6 is 11.6 Å². The molecule has 1 saturated heterocycles. The van der Waals surface area contributed by atoms with Gasteiger partial charge < -0.3 is 5.73 Å². The minimum Gasteiger partial charge on any atom is -0.326 e. The van der Waals surface area contributed by atoms with E-state index in [1.807, 2.05) is 12.1 Å². The van der Waals surface area contributed by atoms with Crippen LogP contribution in [0.15, 0.2) is 24.3 Å². The number of nitrogens with zero attached hydrogens (tertiary/aromatic N) is 1. The Morgan fingerprint density at radius 2 is 2.00 bits per heavy atom. The minimum absolute atomic E-state index is 0.158. The second kappa shape index (κ2) is 4.84. The van der Waals surface area contributed by atoms with Crippen LogP contribution in [0.1, 0.15) is 37.8 Å². The van der Waals surface area contributed by atoms with Crippen LogP contribution in [0.25, 0.3) is 0 Å². The third-order valence-corrected chi connectivity index (χ3v) is 4.77. The van der Waals surface area contributed by atoms with Crippen molar-refractivity contribution in [2.24, 2.45) is 11.7 Å². The van der Waals surface area contributed by atoms with Gasteiger partial charge in [0.1, 0.15) is 0 Å². The van der Waals surface area contributed by atoms with Gasteiger partial charge >= 0.3 is 0 Å². The van der Waals surface area contributed by atoms with Crippen LogP contribution in [0, 0.1) is 5.92 Å². The molecule has 1 aromatic carbocycles. The minimum atomic E-state index is 0.158. The fourth-order valence-electron chi connectivity index (χ4n) is 3.76. The molecule has 1 heterocycles. The Bertz CT molecular complexity index is 415. The highest BCUT2D eigenvalue weighted by atomic mass is 35.5. The molecule has 2 bridgehead atoms. The molecule has 0 radical (unpaired) electrons. The van der Waals surface area contributed by atoms with Gasteiger partial charge in [-0.05, 0) is 49.8 Å². The smallest absolute Gasteiger partial charge is 0.0499 e.